The Bertz CT molecular complexity index is 1300. The number of hydrogen-bond acceptors (Lipinski definition) is 6. The topological polar surface area (TPSA) is 126 Å². The van der Waals surface area contributed by atoms with Crippen molar-refractivity contribution < 1.29 is 27.1 Å². The van der Waals surface area contributed by atoms with E-state index in [0.29, 0.717) is 11.3 Å². The third kappa shape index (κ3) is 7.01. The molecule has 1 heterocycles. The van der Waals surface area contributed by atoms with Crippen molar-refractivity contribution >= 4 is 33.2 Å². The number of aromatic nitrogens is 1. The summed E-state index contributed by atoms with van der Waals surface area (Å²) in [6.07, 6.45) is 2.45. The molecular formula is C22H21FN4O5S. The number of carbonyl (C=O) groups is 2. The normalized spacial score (nSPS) is 10.9. The number of sulfonamides is 1. The molecule has 0 aliphatic rings. The Morgan fingerprint density at radius 1 is 1.09 bits per heavy atom. The molecule has 11 heteroatoms. The van der Waals surface area contributed by atoms with Gasteiger partial charge < -0.3 is 15.4 Å². The molecule has 0 fully saturated rings. The fraction of sp³-hybridized carbons (Fsp3) is 0.136. The lowest BCUT2D eigenvalue weighted by Gasteiger charge is -2.14. The summed E-state index contributed by atoms with van der Waals surface area (Å²) in [4.78, 5) is 28.4. The third-order valence-electron chi connectivity index (χ3n) is 4.18. The SMILES string of the molecule is CC(=O)Nc1ccc(NS(C)(=O)=O)c(C(=O)NCc2cccnc2Oc2cccc(F)c2)c1. The van der Waals surface area contributed by atoms with E-state index in [4.69, 9.17) is 4.74 Å². The van der Waals surface area contributed by atoms with Crippen LogP contribution in [-0.4, -0.2) is 31.5 Å². The van der Waals surface area contributed by atoms with E-state index in [0.717, 1.165) is 6.26 Å². The van der Waals surface area contributed by atoms with Crippen molar-refractivity contribution in [1.82, 2.24) is 10.3 Å². The van der Waals surface area contributed by atoms with Crippen molar-refractivity contribution in [2.75, 3.05) is 16.3 Å². The number of carbonyl (C=O) groups excluding carboxylic acids is 2. The summed E-state index contributed by atoms with van der Waals surface area (Å²) in [5.74, 6) is -1.01. The number of hydrogen-bond donors (Lipinski definition) is 3. The van der Waals surface area contributed by atoms with Crippen LogP contribution in [0, 0.1) is 5.82 Å². The quantitative estimate of drug-likeness (QED) is 0.462. The Morgan fingerprint density at radius 3 is 2.58 bits per heavy atom. The Morgan fingerprint density at radius 2 is 1.88 bits per heavy atom. The lowest BCUT2D eigenvalue weighted by molar-refractivity contribution is -0.114. The van der Waals surface area contributed by atoms with Crippen LogP contribution in [0.15, 0.2) is 60.8 Å². The van der Waals surface area contributed by atoms with Crippen molar-refractivity contribution in [3.05, 3.63) is 77.7 Å². The van der Waals surface area contributed by atoms with E-state index in [2.05, 4.69) is 20.3 Å². The predicted octanol–water partition coefficient (Wildman–Crippen LogP) is 3.27. The summed E-state index contributed by atoms with van der Waals surface area (Å²) in [5, 5.41) is 5.23. The molecule has 3 N–H and O–H groups in total. The fourth-order valence-electron chi connectivity index (χ4n) is 2.87. The van der Waals surface area contributed by atoms with Gasteiger partial charge in [-0.25, -0.2) is 17.8 Å². The van der Waals surface area contributed by atoms with Gasteiger partial charge in [0.25, 0.3) is 5.91 Å². The zero-order chi connectivity index (χ0) is 24.0. The first kappa shape index (κ1) is 23.7. The molecule has 0 atom stereocenters. The van der Waals surface area contributed by atoms with Crippen LogP contribution in [-0.2, 0) is 21.4 Å². The van der Waals surface area contributed by atoms with Crippen molar-refractivity contribution in [2.24, 2.45) is 0 Å². The minimum atomic E-state index is -3.66. The largest absolute Gasteiger partial charge is 0.439 e. The zero-order valence-corrected chi connectivity index (χ0v) is 18.6. The van der Waals surface area contributed by atoms with E-state index in [1.165, 1.54) is 49.5 Å². The molecule has 0 radical (unpaired) electrons. The zero-order valence-electron chi connectivity index (χ0n) is 17.8. The van der Waals surface area contributed by atoms with E-state index in [1.807, 2.05) is 0 Å². The Labute approximate surface area is 190 Å². The number of nitrogens with zero attached hydrogens (tertiary/aromatic N) is 1. The van der Waals surface area contributed by atoms with Crippen LogP contribution in [0.25, 0.3) is 0 Å². The number of amides is 2. The van der Waals surface area contributed by atoms with Gasteiger partial charge in [-0.3, -0.25) is 14.3 Å². The van der Waals surface area contributed by atoms with Crippen LogP contribution in [0.2, 0.25) is 0 Å². The van der Waals surface area contributed by atoms with Gasteiger partial charge in [0.05, 0.1) is 17.5 Å². The van der Waals surface area contributed by atoms with Crippen molar-refractivity contribution in [3.8, 4) is 11.6 Å². The number of rotatable bonds is 8. The van der Waals surface area contributed by atoms with E-state index >= 15 is 0 Å². The molecule has 0 saturated heterocycles. The van der Waals surface area contributed by atoms with Gasteiger partial charge in [-0.15, -0.1) is 0 Å². The number of benzene rings is 2. The van der Waals surface area contributed by atoms with E-state index in [1.54, 1.807) is 18.2 Å². The standard InChI is InChI=1S/C22H21FN4O5S/c1-14(28)26-17-8-9-20(27-33(2,30)31)19(12-17)21(29)25-13-15-5-4-10-24-22(15)32-18-7-3-6-16(23)11-18/h3-12,27H,13H2,1-2H3,(H,25,29)(H,26,28). The Balaban J connectivity index is 1.82. The van der Waals surface area contributed by atoms with Gasteiger partial charge in [-0.2, -0.15) is 0 Å². The van der Waals surface area contributed by atoms with Gasteiger partial charge in [0.1, 0.15) is 11.6 Å². The van der Waals surface area contributed by atoms with Gasteiger partial charge >= 0.3 is 0 Å². The summed E-state index contributed by atoms with van der Waals surface area (Å²) >= 11 is 0. The maximum Gasteiger partial charge on any atom is 0.253 e. The fourth-order valence-corrected chi connectivity index (χ4v) is 3.44. The minimum Gasteiger partial charge on any atom is -0.439 e. The van der Waals surface area contributed by atoms with Crippen molar-refractivity contribution in [3.63, 3.8) is 0 Å². The minimum absolute atomic E-state index is 0.00293. The highest BCUT2D eigenvalue weighted by molar-refractivity contribution is 7.92. The van der Waals surface area contributed by atoms with E-state index in [-0.39, 0.29) is 35.3 Å². The average molecular weight is 472 g/mol. The number of ether oxygens (including phenoxy) is 1. The number of anilines is 2. The summed E-state index contributed by atoms with van der Waals surface area (Å²) in [5.41, 5.74) is 0.878. The van der Waals surface area contributed by atoms with Gasteiger partial charge in [-0.05, 0) is 36.4 Å². The predicted molar refractivity (Wildman–Crippen MR) is 121 cm³/mol. The molecule has 33 heavy (non-hydrogen) atoms. The molecule has 0 saturated carbocycles. The monoisotopic (exact) mass is 472 g/mol. The molecule has 3 rings (SSSR count). The highest BCUT2D eigenvalue weighted by atomic mass is 32.2. The second-order valence-corrected chi connectivity index (χ2v) is 8.77. The third-order valence-corrected chi connectivity index (χ3v) is 4.77. The molecule has 172 valence electrons. The van der Waals surface area contributed by atoms with Gasteiger partial charge in [-0.1, -0.05) is 12.1 Å². The maximum atomic E-state index is 13.4. The molecule has 9 nitrogen and oxygen atoms in total. The highest BCUT2D eigenvalue weighted by Gasteiger charge is 2.17. The van der Waals surface area contributed by atoms with Crippen LogP contribution < -0.4 is 20.1 Å². The van der Waals surface area contributed by atoms with Crippen LogP contribution in [0.3, 0.4) is 0 Å². The van der Waals surface area contributed by atoms with Crippen molar-refractivity contribution in [2.45, 2.75) is 13.5 Å². The van der Waals surface area contributed by atoms with E-state index in [9.17, 15) is 22.4 Å². The summed E-state index contributed by atoms with van der Waals surface area (Å²) in [6, 6.07) is 13.1. The van der Waals surface area contributed by atoms with Crippen molar-refractivity contribution in [1.29, 1.82) is 0 Å². The lowest BCUT2D eigenvalue weighted by Crippen LogP contribution is -2.25. The molecule has 1 aromatic heterocycles. The first-order valence-electron chi connectivity index (χ1n) is 9.65. The van der Waals surface area contributed by atoms with E-state index < -0.39 is 21.7 Å². The molecule has 0 unspecified atom stereocenters. The second-order valence-electron chi connectivity index (χ2n) is 7.03. The van der Waals surface area contributed by atoms with Gasteiger partial charge in [0, 0.05) is 37.0 Å². The lowest BCUT2D eigenvalue weighted by atomic mass is 10.1. The Hall–Kier alpha value is -3.99. The molecule has 3 aromatic rings. The highest BCUT2D eigenvalue weighted by Crippen LogP contribution is 2.25. The molecule has 0 spiro atoms. The molecule has 0 aliphatic carbocycles. The molecule has 0 bridgehead atoms. The average Bonchev–Trinajstić information content (AvgIpc) is 2.72. The maximum absolute atomic E-state index is 13.4. The first-order valence-corrected chi connectivity index (χ1v) is 11.5. The van der Waals surface area contributed by atoms with Crippen LogP contribution in [0.5, 0.6) is 11.6 Å². The summed E-state index contributed by atoms with van der Waals surface area (Å²) in [7, 11) is -3.66. The molecule has 2 amide bonds. The smallest absolute Gasteiger partial charge is 0.253 e. The Kier molecular flexibility index (Phi) is 7.23. The number of pyridine rings is 1. The number of nitrogens with one attached hydrogen (secondary N) is 3. The van der Waals surface area contributed by atoms with Gasteiger partial charge in [0.15, 0.2) is 0 Å². The summed E-state index contributed by atoms with van der Waals surface area (Å²) in [6.45, 7) is 1.30. The van der Waals surface area contributed by atoms with Crippen LogP contribution >= 0.6 is 0 Å². The molecule has 0 aliphatic heterocycles. The van der Waals surface area contributed by atoms with Crippen LogP contribution in [0.1, 0.15) is 22.8 Å². The van der Waals surface area contributed by atoms with Gasteiger partial charge in [0.2, 0.25) is 21.8 Å². The first-order chi connectivity index (χ1) is 15.6. The molecular weight excluding hydrogens is 451 g/mol. The summed E-state index contributed by atoms with van der Waals surface area (Å²) < 4.78 is 44.8. The number of halogens is 1. The second kappa shape index (κ2) is 10.1. The van der Waals surface area contributed by atoms with Crippen LogP contribution in [0.4, 0.5) is 15.8 Å². The molecule has 2 aromatic carbocycles.